The second-order valence-electron chi connectivity index (χ2n) is 15.8. The predicted molar refractivity (Wildman–Crippen MR) is 230 cm³/mol. The second kappa shape index (κ2) is 19.7. The van der Waals surface area contributed by atoms with Crippen LogP contribution >= 0.6 is 0 Å². The van der Waals surface area contributed by atoms with E-state index in [-0.39, 0.29) is 44.2 Å². The van der Waals surface area contributed by atoms with Crippen LogP contribution in [0.15, 0.2) is 120 Å². The van der Waals surface area contributed by atoms with Gasteiger partial charge in [-0.05, 0) is 96.2 Å². The molecule has 2 aliphatic carbocycles. The number of rotatable bonds is 19. The third-order valence-electron chi connectivity index (χ3n) is 12.1. The van der Waals surface area contributed by atoms with Gasteiger partial charge in [0.2, 0.25) is 5.79 Å². The molecule has 0 saturated heterocycles. The molecule has 1 amide bonds. The molecule has 7 rings (SSSR count). The topological polar surface area (TPSA) is 119 Å². The quantitative estimate of drug-likeness (QED) is 0.0547. The average Bonchev–Trinajstić information content (AvgIpc) is 3.26. The van der Waals surface area contributed by atoms with Gasteiger partial charge in [-0.2, -0.15) is 0 Å². The molecule has 3 aliphatic rings. The highest BCUT2D eigenvalue weighted by Gasteiger charge is 2.65. The fourth-order valence-corrected chi connectivity index (χ4v) is 9.57. The molecule has 0 bridgehead atoms. The number of allylic oxidation sites excluding steroid dienone is 1. The van der Waals surface area contributed by atoms with Crippen LogP contribution in [0.5, 0.6) is 17.2 Å². The second-order valence-corrected chi connectivity index (χ2v) is 15.8. The molecule has 10 nitrogen and oxygen atoms in total. The molecule has 1 fully saturated rings. The van der Waals surface area contributed by atoms with E-state index in [4.69, 9.17) is 28.9 Å². The Balaban J connectivity index is 1.42. The van der Waals surface area contributed by atoms with E-state index in [9.17, 15) is 15.0 Å². The summed E-state index contributed by atoms with van der Waals surface area (Å²) in [5.41, 5.74) is 3.69. The Morgan fingerprint density at radius 1 is 0.932 bits per heavy atom. The Morgan fingerprint density at radius 3 is 2.41 bits per heavy atom. The third kappa shape index (κ3) is 9.05. The van der Waals surface area contributed by atoms with Gasteiger partial charge in [0.15, 0.2) is 0 Å². The maximum absolute atomic E-state index is 13.9. The van der Waals surface area contributed by atoms with Crippen LogP contribution in [-0.2, 0) is 20.9 Å². The average molecular weight is 803 g/mol. The van der Waals surface area contributed by atoms with Gasteiger partial charge in [-0.3, -0.25) is 4.90 Å². The molecule has 4 aromatic carbocycles. The lowest BCUT2D eigenvalue weighted by Crippen LogP contribution is -2.70. The van der Waals surface area contributed by atoms with Crippen molar-refractivity contribution in [2.45, 2.75) is 82.6 Å². The first-order valence-corrected chi connectivity index (χ1v) is 21.2. The van der Waals surface area contributed by atoms with Gasteiger partial charge in [0.25, 0.3) is 0 Å². The first kappa shape index (κ1) is 42.0. The molecule has 10 heteroatoms. The minimum Gasteiger partial charge on any atom is -0.459 e. The molecule has 0 unspecified atom stereocenters. The van der Waals surface area contributed by atoms with Gasteiger partial charge in [-0.1, -0.05) is 97.7 Å². The number of unbranched alkanes of at least 4 members (excludes halogenated alkanes) is 2. The fraction of sp³-hybridized carbons (Fsp3) is 0.429. The van der Waals surface area contributed by atoms with E-state index >= 15 is 0 Å². The molecular formula is C49H58N2O8. The van der Waals surface area contributed by atoms with Crippen molar-refractivity contribution in [1.82, 2.24) is 4.90 Å². The highest BCUT2D eigenvalue weighted by molar-refractivity contribution is 6.03. The molecule has 0 radical (unpaired) electrons. The summed E-state index contributed by atoms with van der Waals surface area (Å²) in [7, 11) is 1.40. The highest BCUT2D eigenvalue weighted by atomic mass is 16.7. The van der Waals surface area contributed by atoms with Crippen LogP contribution in [0.2, 0.25) is 0 Å². The number of fused-ring (bicyclic) bond motifs is 3. The van der Waals surface area contributed by atoms with Gasteiger partial charge in [-0.15, -0.1) is 6.58 Å². The monoisotopic (exact) mass is 802 g/mol. The van der Waals surface area contributed by atoms with Gasteiger partial charge >= 0.3 is 6.09 Å². The number of amides is 1. The van der Waals surface area contributed by atoms with Crippen molar-refractivity contribution in [3.63, 3.8) is 0 Å². The van der Waals surface area contributed by atoms with E-state index in [0.717, 1.165) is 64.6 Å². The molecule has 312 valence electrons. The van der Waals surface area contributed by atoms with Crippen LogP contribution < -0.4 is 9.47 Å². The molecule has 0 aromatic heterocycles. The summed E-state index contributed by atoms with van der Waals surface area (Å²) < 4.78 is 26.4. The van der Waals surface area contributed by atoms with Crippen molar-refractivity contribution in [2.75, 3.05) is 33.5 Å². The molecule has 1 heterocycles. The van der Waals surface area contributed by atoms with Crippen molar-refractivity contribution >= 4 is 22.6 Å². The van der Waals surface area contributed by atoms with Crippen LogP contribution in [0.3, 0.4) is 0 Å². The lowest BCUT2D eigenvalue weighted by Gasteiger charge is -2.59. The maximum atomic E-state index is 13.9. The fourth-order valence-electron chi connectivity index (χ4n) is 9.57. The smallest absolute Gasteiger partial charge is 0.409 e. The number of hydrogen-bond donors (Lipinski definition) is 2. The number of hydrogen-bond acceptors (Lipinski definition) is 9. The summed E-state index contributed by atoms with van der Waals surface area (Å²) in [4.78, 5) is 21.8. The third-order valence-corrected chi connectivity index (χ3v) is 12.1. The van der Waals surface area contributed by atoms with Crippen molar-refractivity contribution in [2.24, 2.45) is 22.9 Å². The van der Waals surface area contributed by atoms with Crippen LogP contribution in [-0.4, -0.2) is 72.2 Å². The van der Waals surface area contributed by atoms with E-state index in [1.165, 1.54) is 7.11 Å². The molecular weight excluding hydrogens is 745 g/mol. The van der Waals surface area contributed by atoms with Crippen molar-refractivity contribution in [1.29, 1.82) is 0 Å². The van der Waals surface area contributed by atoms with Gasteiger partial charge in [0, 0.05) is 37.7 Å². The van der Waals surface area contributed by atoms with Crippen LogP contribution in [0, 0.1) is 17.8 Å². The lowest BCUT2D eigenvalue weighted by atomic mass is 9.55. The first-order chi connectivity index (χ1) is 28.9. The van der Waals surface area contributed by atoms with Crippen LogP contribution in [0.1, 0.15) is 75.3 Å². The minimum absolute atomic E-state index is 0.0854. The molecule has 6 atom stereocenters. The Bertz CT molecular complexity index is 2100. The summed E-state index contributed by atoms with van der Waals surface area (Å²) in [5.74, 6) is 0.298. The number of methoxy groups -OCH3 is 1. The molecule has 1 saturated carbocycles. The number of nitrogens with zero attached hydrogens (tertiary/aromatic N) is 2. The minimum atomic E-state index is -1.36. The number of aliphatic hydroxyl groups excluding tert-OH is 2. The van der Waals surface area contributed by atoms with Crippen molar-refractivity contribution < 1.29 is 38.8 Å². The first-order valence-electron chi connectivity index (χ1n) is 21.2. The van der Waals surface area contributed by atoms with Gasteiger partial charge in [-0.25, -0.2) is 4.79 Å². The van der Waals surface area contributed by atoms with Crippen molar-refractivity contribution in [3.05, 3.63) is 126 Å². The lowest BCUT2D eigenvalue weighted by molar-refractivity contribution is -0.255. The van der Waals surface area contributed by atoms with E-state index < -0.39 is 23.8 Å². The number of aliphatic hydroxyl groups is 2. The number of ether oxygens (including phenoxy) is 4. The zero-order valence-corrected chi connectivity index (χ0v) is 34.3. The Labute approximate surface area is 348 Å². The number of carbonyl (C=O) groups is 1. The number of oxime groups is 1. The molecule has 0 spiro atoms. The summed E-state index contributed by atoms with van der Waals surface area (Å²) in [5, 5.41) is 27.0. The predicted octanol–water partition coefficient (Wildman–Crippen LogP) is 9.94. The SMILES string of the molecule is C=CCO[C@@]12Oc3ccc(Oc4ccc5ccccc5c4)cc3[C@H]3[C@H](CCCCO)[C@@H](CCCCO)C=C(C(=NOCc4ccccc4)C[C@@H]1N(CCC)C(=O)OC)[C@H]32. The van der Waals surface area contributed by atoms with Gasteiger partial charge in [0.1, 0.15) is 29.9 Å². The molecule has 59 heavy (non-hydrogen) atoms. The Hall–Kier alpha value is -5.16. The van der Waals surface area contributed by atoms with Crippen molar-refractivity contribution in [3.8, 4) is 17.2 Å². The van der Waals surface area contributed by atoms with E-state index in [2.05, 4.69) is 43.0 Å². The van der Waals surface area contributed by atoms with Gasteiger partial charge in [0.05, 0.1) is 25.3 Å². The summed E-state index contributed by atoms with van der Waals surface area (Å²) in [6.07, 6.45) is 9.30. The molecule has 2 N–H and O–H groups in total. The summed E-state index contributed by atoms with van der Waals surface area (Å²) in [6, 6.07) is 29.6. The number of carbonyl (C=O) groups excluding carboxylic acids is 1. The largest absolute Gasteiger partial charge is 0.459 e. The summed E-state index contributed by atoms with van der Waals surface area (Å²) in [6.45, 7) is 7.15. The normalized spacial score (nSPS) is 23.7. The number of benzene rings is 4. The maximum Gasteiger partial charge on any atom is 0.409 e. The van der Waals surface area contributed by atoms with Gasteiger partial charge < -0.3 is 34.0 Å². The highest BCUT2D eigenvalue weighted by Crippen LogP contribution is 2.62. The van der Waals surface area contributed by atoms with Crippen LogP contribution in [0.25, 0.3) is 10.8 Å². The standard InChI is InChI=1S/C49H58N2O8/c1-4-25-51(48(54)55-3)45-32-43(50-57-33-34-15-7-6-8-16-34)41-30-37(19-11-13-26-52)40(20-12-14-27-53)46-42-31-39(58-38-22-21-35-17-9-10-18-36(35)29-38)23-24-44(42)59-49(45,47(41)46)56-28-5-2/h5-10,15-18,21-24,29-31,37,40,45-47,52-53H,2,4,11-14,19-20,25-28,32-33H2,1,3H3/t37-,40+,45-,46+,47+,49+/m0/s1. The summed E-state index contributed by atoms with van der Waals surface area (Å²) >= 11 is 0. The zero-order chi connectivity index (χ0) is 41.2. The Morgan fingerprint density at radius 2 is 1.66 bits per heavy atom. The van der Waals surface area contributed by atoms with E-state index in [0.29, 0.717) is 43.7 Å². The molecule has 4 aromatic rings. The van der Waals surface area contributed by atoms with E-state index in [1.807, 2.05) is 67.6 Å². The van der Waals surface area contributed by atoms with E-state index in [1.54, 1.807) is 11.0 Å². The Kier molecular flexibility index (Phi) is 14.0. The molecule has 1 aliphatic heterocycles. The zero-order valence-electron chi connectivity index (χ0n) is 34.3. The van der Waals surface area contributed by atoms with Crippen LogP contribution in [0.4, 0.5) is 4.79 Å².